The number of hydrogen-bond donors (Lipinski definition) is 1. The molecule has 250 valence electrons. The van der Waals surface area contributed by atoms with Crippen molar-refractivity contribution in [2.24, 2.45) is 0 Å². The standard InChI is InChI=1S/C22H17N3O5.C16H12O4/c1-27-13-17(22(26)28-2)16-8-4-6-10-19(16)30-21-11-20(24-14-25-21)29-18-9-5-3-7-15(18)12-23;1-19-12-5-2-10(3-6-12)14-9-20-15-8-11(17)4-7-13(15)16(14)18/h3-11,13-14H,1-2H3;2-9,17H,1H3/b17-13+;. The molecule has 0 spiro atoms. The lowest BCUT2D eigenvalue weighted by molar-refractivity contribution is -0.133. The Morgan fingerprint density at radius 3 is 2.22 bits per heavy atom. The van der Waals surface area contributed by atoms with E-state index < -0.39 is 5.97 Å². The van der Waals surface area contributed by atoms with Gasteiger partial charge in [0.15, 0.2) is 5.43 Å². The smallest absolute Gasteiger partial charge is 0.341 e. The van der Waals surface area contributed by atoms with Crippen LogP contribution in [0.25, 0.3) is 27.7 Å². The number of fused-ring (bicyclic) bond motifs is 1. The fourth-order valence-electron chi connectivity index (χ4n) is 4.62. The molecule has 12 heteroatoms. The predicted molar refractivity (Wildman–Crippen MR) is 183 cm³/mol. The van der Waals surface area contributed by atoms with E-state index in [9.17, 15) is 20.0 Å². The van der Waals surface area contributed by atoms with Gasteiger partial charge in [-0.15, -0.1) is 0 Å². The highest BCUT2D eigenvalue weighted by atomic mass is 16.5. The summed E-state index contributed by atoms with van der Waals surface area (Å²) < 4.78 is 31.9. The Kier molecular flexibility index (Phi) is 11.0. The van der Waals surface area contributed by atoms with E-state index in [1.54, 1.807) is 86.0 Å². The molecule has 12 nitrogen and oxygen atoms in total. The number of aromatic hydroxyl groups is 1. The molecule has 0 saturated heterocycles. The number of hydrogen-bond acceptors (Lipinski definition) is 12. The molecule has 0 atom stereocenters. The van der Waals surface area contributed by atoms with Gasteiger partial charge in [0.25, 0.3) is 0 Å². The van der Waals surface area contributed by atoms with Crippen molar-refractivity contribution < 1.29 is 38.0 Å². The summed E-state index contributed by atoms with van der Waals surface area (Å²) in [4.78, 5) is 32.7. The fourth-order valence-corrected chi connectivity index (χ4v) is 4.62. The number of aromatic nitrogens is 2. The van der Waals surface area contributed by atoms with Crippen LogP contribution in [0.5, 0.6) is 34.8 Å². The van der Waals surface area contributed by atoms with E-state index >= 15 is 0 Å². The van der Waals surface area contributed by atoms with Crippen LogP contribution in [0.2, 0.25) is 0 Å². The van der Waals surface area contributed by atoms with Crippen molar-refractivity contribution in [3.8, 4) is 52.0 Å². The third kappa shape index (κ3) is 8.04. The highest BCUT2D eigenvalue weighted by Crippen LogP contribution is 2.32. The number of rotatable bonds is 9. The van der Waals surface area contributed by atoms with E-state index in [-0.39, 0.29) is 28.5 Å². The Hall–Kier alpha value is -7.13. The summed E-state index contributed by atoms with van der Waals surface area (Å²) in [6.07, 6.45) is 3.96. The second kappa shape index (κ2) is 16.1. The van der Waals surface area contributed by atoms with Crippen LogP contribution in [0.15, 0.2) is 125 Å². The molecule has 4 aromatic carbocycles. The molecule has 50 heavy (non-hydrogen) atoms. The second-order valence-electron chi connectivity index (χ2n) is 10.1. The summed E-state index contributed by atoms with van der Waals surface area (Å²) in [6, 6.07) is 28.8. The molecule has 0 aliphatic rings. The maximum absolute atomic E-state index is 12.4. The molecular formula is C38H29N3O9. The number of phenols is 1. The fraction of sp³-hybridized carbons (Fsp3) is 0.0789. The highest BCUT2D eigenvalue weighted by molar-refractivity contribution is 6.17. The van der Waals surface area contributed by atoms with Crippen LogP contribution in [-0.4, -0.2) is 42.4 Å². The van der Waals surface area contributed by atoms with Crippen molar-refractivity contribution in [1.29, 1.82) is 5.26 Å². The second-order valence-corrected chi connectivity index (χ2v) is 10.1. The normalized spacial score (nSPS) is 10.6. The summed E-state index contributed by atoms with van der Waals surface area (Å²) in [5.74, 6) is 1.31. The van der Waals surface area contributed by atoms with Gasteiger partial charge in [0, 0.05) is 11.6 Å². The van der Waals surface area contributed by atoms with Gasteiger partial charge in [-0.05, 0) is 48.0 Å². The lowest BCUT2D eigenvalue weighted by Crippen LogP contribution is -2.06. The van der Waals surface area contributed by atoms with Crippen molar-refractivity contribution >= 4 is 22.5 Å². The molecule has 2 heterocycles. The minimum Gasteiger partial charge on any atom is -0.508 e. The summed E-state index contributed by atoms with van der Waals surface area (Å²) in [5, 5.41) is 19.0. The average molecular weight is 672 g/mol. The predicted octanol–water partition coefficient (Wildman–Crippen LogP) is 7.27. The number of ether oxygens (including phenoxy) is 5. The lowest BCUT2D eigenvalue weighted by atomic mass is 10.1. The summed E-state index contributed by atoms with van der Waals surface area (Å²) in [7, 11) is 4.30. The average Bonchev–Trinajstić information content (AvgIpc) is 3.15. The van der Waals surface area contributed by atoms with Gasteiger partial charge in [-0.2, -0.15) is 5.26 Å². The zero-order valence-corrected chi connectivity index (χ0v) is 27.0. The van der Waals surface area contributed by atoms with E-state index in [1.807, 2.05) is 0 Å². The SMILES string of the molecule is CO/C=C(/C(=O)OC)c1ccccc1Oc1cc(Oc2ccccc2C#N)ncn1.COc1ccc(-c2coc3cc(O)ccc3c2=O)cc1. The van der Waals surface area contributed by atoms with E-state index in [0.29, 0.717) is 39.2 Å². The quantitative estimate of drug-likeness (QED) is 0.0930. The van der Waals surface area contributed by atoms with Gasteiger partial charge >= 0.3 is 5.97 Å². The number of methoxy groups -OCH3 is 3. The molecule has 0 bridgehead atoms. The monoisotopic (exact) mass is 671 g/mol. The van der Waals surface area contributed by atoms with E-state index in [4.69, 9.17) is 28.1 Å². The van der Waals surface area contributed by atoms with Crippen LogP contribution in [0, 0.1) is 11.3 Å². The van der Waals surface area contributed by atoms with Crippen molar-refractivity contribution in [3.05, 3.63) is 137 Å². The zero-order valence-electron chi connectivity index (χ0n) is 27.0. The van der Waals surface area contributed by atoms with Crippen molar-refractivity contribution in [3.63, 3.8) is 0 Å². The highest BCUT2D eigenvalue weighted by Gasteiger charge is 2.19. The molecule has 0 aliphatic heterocycles. The Balaban J connectivity index is 0.000000210. The number of esters is 1. The van der Waals surface area contributed by atoms with Crippen LogP contribution < -0.4 is 19.6 Å². The first kappa shape index (κ1) is 34.2. The van der Waals surface area contributed by atoms with Gasteiger partial charge in [0.1, 0.15) is 52.8 Å². The van der Waals surface area contributed by atoms with Gasteiger partial charge in [-0.1, -0.05) is 42.5 Å². The minimum absolute atomic E-state index is 0.0675. The molecule has 6 aromatic rings. The van der Waals surface area contributed by atoms with Crippen LogP contribution >= 0.6 is 0 Å². The molecule has 0 fully saturated rings. The lowest BCUT2D eigenvalue weighted by Gasteiger charge is -2.12. The van der Waals surface area contributed by atoms with Crippen LogP contribution in [0.1, 0.15) is 11.1 Å². The van der Waals surface area contributed by atoms with Crippen molar-refractivity contribution in [1.82, 2.24) is 9.97 Å². The summed E-state index contributed by atoms with van der Waals surface area (Å²) in [6.45, 7) is 0. The first-order valence-corrected chi connectivity index (χ1v) is 14.8. The Bertz CT molecular complexity index is 2260. The van der Waals surface area contributed by atoms with Gasteiger partial charge in [0.05, 0.1) is 50.2 Å². The van der Waals surface area contributed by atoms with Crippen molar-refractivity contribution in [2.45, 2.75) is 0 Å². The van der Waals surface area contributed by atoms with Crippen LogP contribution in [0.3, 0.4) is 0 Å². The molecule has 0 unspecified atom stereocenters. The maximum atomic E-state index is 12.4. The summed E-state index contributed by atoms with van der Waals surface area (Å²) in [5.41, 5.74) is 2.49. The van der Waals surface area contributed by atoms with Gasteiger partial charge in [-0.3, -0.25) is 4.79 Å². The van der Waals surface area contributed by atoms with E-state index in [1.165, 1.54) is 51.3 Å². The Morgan fingerprint density at radius 1 is 0.860 bits per heavy atom. The van der Waals surface area contributed by atoms with Gasteiger partial charge in [0.2, 0.25) is 11.8 Å². The first-order valence-electron chi connectivity index (χ1n) is 14.8. The number of para-hydroxylation sites is 2. The van der Waals surface area contributed by atoms with E-state index in [2.05, 4.69) is 16.0 Å². The summed E-state index contributed by atoms with van der Waals surface area (Å²) >= 11 is 0. The molecule has 6 rings (SSSR count). The molecule has 1 N–H and O–H groups in total. The van der Waals surface area contributed by atoms with Gasteiger partial charge in [-0.25, -0.2) is 14.8 Å². The van der Waals surface area contributed by atoms with E-state index in [0.717, 1.165) is 11.3 Å². The number of benzene rings is 4. The largest absolute Gasteiger partial charge is 0.508 e. The molecule has 0 amide bonds. The Labute approximate surface area is 286 Å². The molecule has 0 radical (unpaired) electrons. The van der Waals surface area contributed by atoms with Crippen LogP contribution in [-0.2, 0) is 14.3 Å². The zero-order chi connectivity index (χ0) is 35.5. The topological polar surface area (TPSA) is 163 Å². The molecule has 0 saturated carbocycles. The number of carbonyl (C=O) groups is 1. The third-order valence-electron chi connectivity index (χ3n) is 7.03. The van der Waals surface area contributed by atoms with Crippen molar-refractivity contribution in [2.75, 3.05) is 21.3 Å². The van der Waals surface area contributed by atoms with Crippen LogP contribution in [0.4, 0.5) is 0 Å². The number of nitrogens with zero attached hydrogens (tertiary/aromatic N) is 3. The van der Waals surface area contributed by atoms with Gasteiger partial charge < -0.3 is 33.2 Å². The minimum atomic E-state index is -0.576. The maximum Gasteiger partial charge on any atom is 0.341 e. The molecule has 2 aromatic heterocycles. The number of phenolic OH excluding ortho intramolecular Hbond substituents is 1. The molecule has 0 aliphatic carbocycles. The third-order valence-corrected chi connectivity index (χ3v) is 7.03. The molecular weight excluding hydrogens is 642 g/mol. The number of nitriles is 1. The first-order chi connectivity index (χ1) is 24.3. The number of carbonyl (C=O) groups excluding carboxylic acids is 1. The Morgan fingerprint density at radius 2 is 1.54 bits per heavy atom.